The topological polar surface area (TPSA) is 37.3 Å². The third kappa shape index (κ3) is 12.3. The Morgan fingerprint density at radius 3 is 1.33 bits per heavy atom. The van der Waals surface area contributed by atoms with E-state index in [4.69, 9.17) is 5.11 Å². The van der Waals surface area contributed by atoms with E-state index >= 15 is 0 Å². The van der Waals surface area contributed by atoms with Crippen molar-refractivity contribution in [1.82, 2.24) is 0 Å². The number of quaternary nitrogens is 1. The van der Waals surface area contributed by atoms with Gasteiger partial charge in [-0.2, -0.15) is 0 Å². The summed E-state index contributed by atoms with van der Waals surface area (Å²) in [6.07, 6.45) is 2.30. The molecule has 2 aromatic rings. The molecule has 2 atom stereocenters. The minimum absolute atomic E-state index is 0. The SMILES string of the molecule is CCC(C)c1ccc(C(=O)O)cc1.CCC(C)c1ccccc1.CC[N+](CC)(CC)CC.[Cl-]. The summed E-state index contributed by atoms with van der Waals surface area (Å²) in [5.41, 5.74) is 3.00. The van der Waals surface area contributed by atoms with Crippen LogP contribution in [0.25, 0.3) is 0 Å². The van der Waals surface area contributed by atoms with E-state index in [2.05, 4.69) is 85.7 Å². The maximum absolute atomic E-state index is 10.6. The molecule has 0 aliphatic carbocycles. The van der Waals surface area contributed by atoms with Crippen LogP contribution in [0.3, 0.4) is 0 Å². The maximum Gasteiger partial charge on any atom is 0.335 e. The molecule has 0 aliphatic rings. The molecular formula is C29H48ClNO2. The minimum atomic E-state index is -0.865. The van der Waals surface area contributed by atoms with Gasteiger partial charge in [-0.15, -0.1) is 0 Å². The fourth-order valence-corrected chi connectivity index (χ4v) is 3.55. The van der Waals surface area contributed by atoms with Gasteiger partial charge in [-0.25, -0.2) is 4.79 Å². The molecule has 0 aliphatic heterocycles. The number of rotatable bonds is 9. The van der Waals surface area contributed by atoms with Gasteiger partial charge in [0.1, 0.15) is 0 Å². The highest BCUT2D eigenvalue weighted by Crippen LogP contribution is 2.18. The molecule has 0 radical (unpaired) electrons. The predicted octanol–water partition coefficient (Wildman–Crippen LogP) is 4.99. The summed E-state index contributed by atoms with van der Waals surface area (Å²) < 4.78 is 1.28. The molecule has 188 valence electrons. The van der Waals surface area contributed by atoms with Crippen LogP contribution in [-0.4, -0.2) is 41.7 Å². The van der Waals surface area contributed by atoms with Gasteiger partial charge in [0, 0.05) is 0 Å². The van der Waals surface area contributed by atoms with Crippen LogP contribution in [0.1, 0.15) is 102 Å². The molecule has 33 heavy (non-hydrogen) atoms. The van der Waals surface area contributed by atoms with Gasteiger partial charge in [-0.1, -0.05) is 70.2 Å². The number of aromatic carboxylic acids is 1. The van der Waals surface area contributed by atoms with Crippen LogP contribution < -0.4 is 12.4 Å². The molecule has 4 heteroatoms. The van der Waals surface area contributed by atoms with Crippen LogP contribution in [0.4, 0.5) is 0 Å². The van der Waals surface area contributed by atoms with Gasteiger partial charge < -0.3 is 22.0 Å². The van der Waals surface area contributed by atoms with E-state index in [0.29, 0.717) is 17.4 Å². The Kier molecular flexibility index (Phi) is 18.8. The lowest BCUT2D eigenvalue weighted by Gasteiger charge is -2.34. The average Bonchev–Trinajstić information content (AvgIpc) is 2.86. The molecule has 0 saturated carbocycles. The second-order valence-electron chi connectivity index (χ2n) is 8.56. The normalized spacial score (nSPS) is 12.1. The first-order valence-corrected chi connectivity index (χ1v) is 12.5. The second kappa shape index (κ2) is 18.6. The lowest BCUT2D eigenvalue weighted by molar-refractivity contribution is -0.921. The first-order chi connectivity index (χ1) is 15.2. The first kappa shape index (κ1) is 33.3. The van der Waals surface area contributed by atoms with Gasteiger partial charge in [-0.05, 0) is 75.6 Å². The van der Waals surface area contributed by atoms with Gasteiger partial charge in [0.05, 0.1) is 31.7 Å². The lowest BCUT2D eigenvalue weighted by atomic mass is 9.98. The van der Waals surface area contributed by atoms with Crippen molar-refractivity contribution >= 4 is 5.97 Å². The van der Waals surface area contributed by atoms with Crippen molar-refractivity contribution in [3.63, 3.8) is 0 Å². The van der Waals surface area contributed by atoms with Crippen molar-refractivity contribution in [2.75, 3.05) is 26.2 Å². The molecule has 0 fully saturated rings. The minimum Gasteiger partial charge on any atom is -1.00 e. The largest absolute Gasteiger partial charge is 1.00 e. The molecule has 2 rings (SSSR count). The molecule has 0 saturated heterocycles. The lowest BCUT2D eigenvalue weighted by Crippen LogP contribution is -3.00. The van der Waals surface area contributed by atoms with Crippen molar-refractivity contribution < 1.29 is 26.8 Å². The summed E-state index contributed by atoms with van der Waals surface area (Å²) in [6, 6.07) is 17.7. The summed E-state index contributed by atoms with van der Waals surface area (Å²) >= 11 is 0. The van der Waals surface area contributed by atoms with E-state index in [1.54, 1.807) is 12.1 Å². The number of carboxylic acids is 1. The van der Waals surface area contributed by atoms with Crippen molar-refractivity contribution in [3.8, 4) is 0 Å². The Balaban J connectivity index is 0. The predicted molar refractivity (Wildman–Crippen MR) is 140 cm³/mol. The molecule has 0 heterocycles. The van der Waals surface area contributed by atoms with Crippen LogP contribution in [0.5, 0.6) is 0 Å². The first-order valence-electron chi connectivity index (χ1n) is 12.5. The summed E-state index contributed by atoms with van der Waals surface area (Å²) in [5.74, 6) is 0.347. The molecule has 2 aromatic carbocycles. The van der Waals surface area contributed by atoms with E-state index < -0.39 is 5.97 Å². The van der Waals surface area contributed by atoms with Crippen molar-refractivity contribution in [3.05, 3.63) is 71.3 Å². The summed E-state index contributed by atoms with van der Waals surface area (Å²) in [6.45, 7) is 23.0. The summed E-state index contributed by atoms with van der Waals surface area (Å²) in [5, 5.41) is 8.67. The number of carboxylic acid groups (broad SMARTS) is 1. The van der Waals surface area contributed by atoms with Crippen LogP contribution >= 0.6 is 0 Å². The Bertz CT molecular complexity index is 710. The molecule has 2 unspecified atom stereocenters. The van der Waals surface area contributed by atoms with E-state index in [-0.39, 0.29) is 12.4 Å². The van der Waals surface area contributed by atoms with Gasteiger partial charge in [-0.3, -0.25) is 0 Å². The van der Waals surface area contributed by atoms with Gasteiger partial charge >= 0.3 is 5.97 Å². The Hall–Kier alpha value is -1.84. The van der Waals surface area contributed by atoms with Crippen LogP contribution in [0.15, 0.2) is 54.6 Å². The number of hydrogen-bond donors (Lipinski definition) is 1. The zero-order valence-corrected chi connectivity index (χ0v) is 23.0. The van der Waals surface area contributed by atoms with Crippen LogP contribution in [0.2, 0.25) is 0 Å². The van der Waals surface area contributed by atoms with E-state index in [9.17, 15) is 4.79 Å². The van der Waals surface area contributed by atoms with Gasteiger partial charge in [0.25, 0.3) is 0 Å². The smallest absolute Gasteiger partial charge is 0.335 e. The van der Waals surface area contributed by atoms with Crippen LogP contribution in [-0.2, 0) is 0 Å². The number of nitrogens with zero attached hydrogens (tertiary/aromatic N) is 1. The highest BCUT2D eigenvalue weighted by Gasteiger charge is 2.16. The van der Waals surface area contributed by atoms with Crippen LogP contribution in [0, 0.1) is 0 Å². The number of hydrogen-bond acceptors (Lipinski definition) is 1. The van der Waals surface area contributed by atoms with E-state index in [1.165, 1.54) is 48.2 Å². The standard InChI is InChI=1S/C11H14O2.C10H14.C8H20N.ClH/c1-3-8(2)9-4-6-10(7-5-9)11(12)13;1-3-9(2)10-7-5-4-6-8-10;1-5-9(6-2,7-3)8-4;/h4-8H,3H2,1-2H3,(H,12,13);4-9H,3H2,1-2H3;5-8H2,1-4H3;1H/q;;+1;/p-1. The molecule has 0 amide bonds. The molecule has 3 nitrogen and oxygen atoms in total. The van der Waals surface area contributed by atoms with Gasteiger partial charge in [0.15, 0.2) is 0 Å². The zero-order chi connectivity index (χ0) is 24.6. The highest BCUT2D eigenvalue weighted by molar-refractivity contribution is 5.87. The number of benzene rings is 2. The molecule has 0 bridgehead atoms. The fourth-order valence-electron chi connectivity index (χ4n) is 3.55. The zero-order valence-electron chi connectivity index (χ0n) is 22.3. The van der Waals surface area contributed by atoms with Crippen molar-refractivity contribution in [2.24, 2.45) is 0 Å². The van der Waals surface area contributed by atoms with Crippen molar-refractivity contribution in [2.45, 2.75) is 80.1 Å². The Labute approximate surface area is 210 Å². The van der Waals surface area contributed by atoms with E-state index in [0.717, 1.165) is 6.42 Å². The molecule has 1 N–H and O–H groups in total. The number of carbonyl (C=O) groups is 1. The van der Waals surface area contributed by atoms with E-state index in [1.807, 2.05) is 12.1 Å². The molecule has 0 aromatic heterocycles. The molecule has 0 spiro atoms. The Morgan fingerprint density at radius 1 is 0.697 bits per heavy atom. The monoisotopic (exact) mass is 477 g/mol. The van der Waals surface area contributed by atoms with Crippen molar-refractivity contribution in [1.29, 1.82) is 0 Å². The second-order valence-corrected chi connectivity index (χ2v) is 8.56. The fraction of sp³-hybridized carbons (Fsp3) is 0.552. The summed E-state index contributed by atoms with van der Waals surface area (Å²) in [7, 11) is 0. The summed E-state index contributed by atoms with van der Waals surface area (Å²) in [4.78, 5) is 10.6. The quantitative estimate of drug-likeness (QED) is 0.517. The third-order valence-corrected chi connectivity index (χ3v) is 7.00. The third-order valence-electron chi connectivity index (χ3n) is 7.00. The Morgan fingerprint density at radius 2 is 1.06 bits per heavy atom. The molecular weight excluding hydrogens is 430 g/mol. The maximum atomic E-state index is 10.6. The highest BCUT2D eigenvalue weighted by atomic mass is 35.5. The average molecular weight is 478 g/mol. The van der Waals surface area contributed by atoms with Gasteiger partial charge in [0.2, 0.25) is 0 Å². The number of halogens is 1.